The Morgan fingerprint density at radius 3 is 2.85 bits per heavy atom. The molecule has 20 heavy (non-hydrogen) atoms. The van der Waals surface area contributed by atoms with Gasteiger partial charge in [-0.2, -0.15) is 5.26 Å². The zero-order chi connectivity index (χ0) is 14.4. The van der Waals surface area contributed by atoms with Crippen LogP contribution in [0.1, 0.15) is 23.1 Å². The lowest BCUT2D eigenvalue weighted by Gasteiger charge is -2.10. The number of carbonyl (C=O) groups excluding carboxylic acids is 1. The van der Waals surface area contributed by atoms with Crippen molar-refractivity contribution in [3.63, 3.8) is 0 Å². The number of anilines is 1. The van der Waals surface area contributed by atoms with Crippen molar-refractivity contribution in [3.05, 3.63) is 53.9 Å². The van der Waals surface area contributed by atoms with E-state index in [9.17, 15) is 4.79 Å². The third-order valence-corrected chi connectivity index (χ3v) is 2.53. The van der Waals surface area contributed by atoms with E-state index in [4.69, 9.17) is 10.00 Å². The van der Waals surface area contributed by atoms with Crippen LogP contribution in [0.25, 0.3) is 0 Å². The molecule has 0 atom stereocenters. The minimum absolute atomic E-state index is 0.190. The van der Waals surface area contributed by atoms with Crippen LogP contribution in [-0.2, 0) is 0 Å². The Kier molecular flexibility index (Phi) is 4.30. The molecule has 2 rings (SSSR count). The smallest absolute Gasteiger partial charge is 0.274 e. The first kappa shape index (κ1) is 13.6. The standard InChI is InChI=1S/C15H13N3O2/c1-2-20-14-9-4-3-7-12(14)18-15(19)13-8-5-6-11(10-16)17-13/h3-9H,2H2,1H3,(H,18,19). The average Bonchev–Trinajstić information content (AvgIpc) is 2.49. The van der Waals surface area contributed by atoms with Crippen LogP contribution in [0.2, 0.25) is 0 Å². The van der Waals surface area contributed by atoms with Gasteiger partial charge in [-0.1, -0.05) is 18.2 Å². The van der Waals surface area contributed by atoms with Crippen LogP contribution in [0.4, 0.5) is 5.69 Å². The van der Waals surface area contributed by atoms with Gasteiger partial charge in [0.2, 0.25) is 0 Å². The number of hydrogen-bond acceptors (Lipinski definition) is 4. The highest BCUT2D eigenvalue weighted by atomic mass is 16.5. The van der Waals surface area contributed by atoms with Gasteiger partial charge in [0.05, 0.1) is 12.3 Å². The molecule has 0 aliphatic carbocycles. The Hall–Kier alpha value is -2.87. The zero-order valence-corrected chi connectivity index (χ0v) is 11.0. The fourth-order valence-electron chi connectivity index (χ4n) is 1.66. The summed E-state index contributed by atoms with van der Waals surface area (Å²) in [4.78, 5) is 16.0. The average molecular weight is 267 g/mol. The van der Waals surface area contributed by atoms with Crippen LogP contribution in [0.3, 0.4) is 0 Å². The van der Waals surface area contributed by atoms with Gasteiger partial charge in [-0.15, -0.1) is 0 Å². The fraction of sp³-hybridized carbons (Fsp3) is 0.133. The Labute approximate surface area is 116 Å². The Morgan fingerprint density at radius 2 is 2.10 bits per heavy atom. The van der Waals surface area contributed by atoms with Crippen LogP contribution < -0.4 is 10.1 Å². The maximum Gasteiger partial charge on any atom is 0.274 e. The van der Waals surface area contributed by atoms with Crippen molar-refractivity contribution in [3.8, 4) is 11.8 Å². The number of ether oxygens (including phenoxy) is 1. The van der Waals surface area contributed by atoms with Gasteiger partial charge in [-0.25, -0.2) is 4.98 Å². The number of amides is 1. The Balaban J connectivity index is 2.21. The highest BCUT2D eigenvalue weighted by molar-refractivity contribution is 6.03. The normalized spacial score (nSPS) is 9.60. The molecule has 100 valence electrons. The van der Waals surface area contributed by atoms with Crippen molar-refractivity contribution in [2.45, 2.75) is 6.92 Å². The van der Waals surface area contributed by atoms with Crippen molar-refractivity contribution < 1.29 is 9.53 Å². The molecule has 1 heterocycles. The number of pyridine rings is 1. The molecule has 1 N–H and O–H groups in total. The van der Waals surface area contributed by atoms with Gasteiger partial charge in [-0.3, -0.25) is 4.79 Å². The van der Waals surface area contributed by atoms with Crippen molar-refractivity contribution in [2.24, 2.45) is 0 Å². The highest BCUT2D eigenvalue weighted by Crippen LogP contribution is 2.24. The number of rotatable bonds is 4. The molecule has 0 saturated heterocycles. The number of nitriles is 1. The number of nitrogens with one attached hydrogen (secondary N) is 1. The van der Waals surface area contributed by atoms with Crippen LogP contribution >= 0.6 is 0 Å². The Morgan fingerprint density at radius 1 is 1.30 bits per heavy atom. The number of nitrogens with zero attached hydrogens (tertiary/aromatic N) is 2. The van der Waals surface area contributed by atoms with E-state index in [2.05, 4.69) is 10.3 Å². The van der Waals surface area contributed by atoms with E-state index >= 15 is 0 Å². The monoisotopic (exact) mass is 267 g/mol. The number of carbonyl (C=O) groups is 1. The lowest BCUT2D eigenvalue weighted by atomic mass is 10.2. The van der Waals surface area contributed by atoms with Crippen LogP contribution in [0, 0.1) is 11.3 Å². The Bertz CT molecular complexity index is 662. The molecule has 0 bridgehead atoms. The second-order valence-corrected chi connectivity index (χ2v) is 3.90. The fourth-order valence-corrected chi connectivity index (χ4v) is 1.66. The first-order valence-electron chi connectivity index (χ1n) is 6.15. The van der Waals surface area contributed by atoms with E-state index in [1.165, 1.54) is 0 Å². The molecule has 0 unspecified atom stereocenters. The number of benzene rings is 1. The van der Waals surface area contributed by atoms with Gasteiger partial charge in [0.25, 0.3) is 5.91 Å². The number of aromatic nitrogens is 1. The van der Waals surface area contributed by atoms with Gasteiger partial charge in [0.15, 0.2) is 0 Å². The molecule has 5 heteroatoms. The van der Waals surface area contributed by atoms with Crippen molar-refractivity contribution >= 4 is 11.6 Å². The largest absolute Gasteiger partial charge is 0.492 e. The summed E-state index contributed by atoms with van der Waals surface area (Å²) in [6.45, 7) is 2.38. The summed E-state index contributed by atoms with van der Waals surface area (Å²) in [7, 11) is 0. The second kappa shape index (κ2) is 6.34. The first-order chi connectivity index (χ1) is 9.74. The summed E-state index contributed by atoms with van der Waals surface area (Å²) < 4.78 is 5.43. The van der Waals surface area contributed by atoms with E-state index in [1.54, 1.807) is 36.4 Å². The first-order valence-corrected chi connectivity index (χ1v) is 6.15. The minimum atomic E-state index is -0.380. The summed E-state index contributed by atoms with van der Waals surface area (Å²) in [5, 5.41) is 11.5. The molecular formula is C15H13N3O2. The van der Waals surface area contributed by atoms with E-state index < -0.39 is 0 Å². The third-order valence-electron chi connectivity index (χ3n) is 2.53. The SMILES string of the molecule is CCOc1ccccc1NC(=O)c1cccc(C#N)n1. The molecule has 1 amide bonds. The lowest BCUT2D eigenvalue weighted by Crippen LogP contribution is -2.14. The minimum Gasteiger partial charge on any atom is -0.492 e. The predicted octanol–water partition coefficient (Wildman–Crippen LogP) is 2.60. The highest BCUT2D eigenvalue weighted by Gasteiger charge is 2.11. The lowest BCUT2D eigenvalue weighted by molar-refractivity contribution is 0.102. The van der Waals surface area contributed by atoms with Crippen molar-refractivity contribution in [1.29, 1.82) is 5.26 Å². The van der Waals surface area contributed by atoms with Crippen LogP contribution in [0.15, 0.2) is 42.5 Å². The molecule has 1 aromatic carbocycles. The van der Waals surface area contributed by atoms with Crippen LogP contribution in [-0.4, -0.2) is 17.5 Å². The molecule has 0 fully saturated rings. The van der Waals surface area contributed by atoms with Gasteiger partial charge in [0, 0.05) is 0 Å². The maximum absolute atomic E-state index is 12.1. The molecule has 1 aromatic heterocycles. The molecule has 5 nitrogen and oxygen atoms in total. The zero-order valence-electron chi connectivity index (χ0n) is 11.0. The van der Waals surface area contributed by atoms with Gasteiger partial charge >= 0.3 is 0 Å². The topological polar surface area (TPSA) is 75.0 Å². The van der Waals surface area contributed by atoms with E-state index in [0.717, 1.165) is 0 Å². The summed E-state index contributed by atoms with van der Waals surface area (Å²) in [6, 6.07) is 13.8. The van der Waals surface area contributed by atoms with E-state index in [1.807, 2.05) is 19.1 Å². The molecule has 2 aromatic rings. The molecule has 0 spiro atoms. The van der Waals surface area contributed by atoms with Gasteiger partial charge in [0.1, 0.15) is 23.2 Å². The van der Waals surface area contributed by atoms with Crippen molar-refractivity contribution in [1.82, 2.24) is 4.98 Å². The predicted molar refractivity (Wildman–Crippen MR) is 74.5 cm³/mol. The van der Waals surface area contributed by atoms with Crippen LogP contribution in [0.5, 0.6) is 5.75 Å². The second-order valence-electron chi connectivity index (χ2n) is 3.90. The summed E-state index contributed by atoms with van der Waals surface area (Å²) >= 11 is 0. The quantitative estimate of drug-likeness (QED) is 0.923. The third kappa shape index (κ3) is 3.12. The molecule has 0 aliphatic heterocycles. The number of hydrogen-bond donors (Lipinski definition) is 1. The van der Waals surface area contributed by atoms with Gasteiger partial charge < -0.3 is 10.1 Å². The molecular weight excluding hydrogens is 254 g/mol. The molecule has 0 aliphatic rings. The summed E-state index contributed by atoms with van der Waals surface area (Å²) in [6.07, 6.45) is 0. The molecule has 0 radical (unpaired) electrons. The number of para-hydroxylation sites is 2. The summed E-state index contributed by atoms with van der Waals surface area (Å²) in [5.41, 5.74) is 0.967. The van der Waals surface area contributed by atoms with Crippen molar-refractivity contribution in [2.75, 3.05) is 11.9 Å². The van der Waals surface area contributed by atoms with Gasteiger partial charge in [-0.05, 0) is 31.2 Å². The van der Waals surface area contributed by atoms with E-state index in [0.29, 0.717) is 18.0 Å². The molecule has 0 saturated carbocycles. The maximum atomic E-state index is 12.1. The summed E-state index contributed by atoms with van der Waals surface area (Å²) in [5.74, 6) is 0.217. The van der Waals surface area contributed by atoms with E-state index in [-0.39, 0.29) is 17.3 Å².